The van der Waals surface area contributed by atoms with Gasteiger partial charge in [0.2, 0.25) is 0 Å². The van der Waals surface area contributed by atoms with Crippen molar-refractivity contribution in [3.63, 3.8) is 0 Å². The van der Waals surface area contributed by atoms with E-state index in [9.17, 15) is 0 Å². The summed E-state index contributed by atoms with van der Waals surface area (Å²) in [6, 6.07) is 0. The van der Waals surface area contributed by atoms with E-state index in [4.69, 9.17) is 15.7 Å². The normalized spacial score (nSPS) is 13.5. The highest BCUT2D eigenvalue weighted by Gasteiger charge is 2.16. The molecule has 0 unspecified atom stereocenters. The van der Waals surface area contributed by atoms with Gasteiger partial charge in [0.15, 0.2) is 0 Å². The SMILES string of the molecule is COC(C)(C)CCN(C)CCC(N)=NO. The Labute approximate surface area is 91.9 Å². The predicted octanol–water partition coefficient (Wildman–Crippen LogP) is 0.870. The molecule has 0 rings (SSSR count). The monoisotopic (exact) mass is 217 g/mol. The Morgan fingerprint density at radius 2 is 2.07 bits per heavy atom. The van der Waals surface area contributed by atoms with E-state index in [1.807, 2.05) is 7.05 Å². The summed E-state index contributed by atoms with van der Waals surface area (Å²) in [5, 5.41) is 11.3. The summed E-state index contributed by atoms with van der Waals surface area (Å²) in [4.78, 5) is 2.14. The summed E-state index contributed by atoms with van der Waals surface area (Å²) in [6.07, 6.45) is 1.54. The number of hydrogen-bond donors (Lipinski definition) is 2. The topological polar surface area (TPSA) is 71.1 Å². The van der Waals surface area contributed by atoms with Crippen LogP contribution in [0.15, 0.2) is 5.16 Å². The van der Waals surface area contributed by atoms with E-state index in [1.165, 1.54) is 0 Å². The van der Waals surface area contributed by atoms with Gasteiger partial charge in [-0.05, 0) is 27.3 Å². The number of oxime groups is 1. The maximum atomic E-state index is 8.37. The highest BCUT2D eigenvalue weighted by molar-refractivity contribution is 5.79. The van der Waals surface area contributed by atoms with E-state index >= 15 is 0 Å². The minimum atomic E-state index is -0.0924. The summed E-state index contributed by atoms with van der Waals surface area (Å²) < 4.78 is 5.32. The quantitative estimate of drug-likeness (QED) is 0.287. The van der Waals surface area contributed by atoms with Crippen molar-refractivity contribution in [2.45, 2.75) is 32.3 Å². The molecular formula is C10H23N3O2. The zero-order valence-corrected chi connectivity index (χ0v) is 10.2. The van der Waals surface area contributed by atoms with Crippen molar-refractivity contribution in [1.82, 2.24) is 4.90 Å². The standard InChI is InChI=1S/C10H23N3O2/c1-10(2,15-4)6-8-13(3)7-5-9(11)12-14/h14H,5-8H2,1-4H3,(H2,11,12). The number of rotatable bonds is 7. The Morgan fingerprint density at radius 3 is 2.53 bits per heavy atom. The molecule has 0 radical (unpaired) electrons. The lowest BCUT2D eigenvalue weighted by molar-refractivity contribution is 0.00929. The minimum Gasteiger partial charge on any atom is -0.409 e. The molecule has 15 heavy (non-hydrogen) atoms. The molecule has 0 aliphatic heterocycles. The second kappa shape index (κ2) is 6.63. The van der Waals surface area contributed by atoms with Crippen LogP contribution in [0.25, 0.3) is 0 Å². The molecule has 0 saturated heterocycles. The maximum absolute atomic E-state index is 8.37. The first-order chi connectivity index (χ1) is 6.91. The van der Waals surface area contributed by atoms with Crippen molar-refractivity contribution < 1.29 is 9.94 Å². The molecule has 0 aliphatic rings. The van der Waals surface area contributed by atoms with Gasteiger partial charge in [0.25, 0.3) is 0 Å². The second-order valence-electron chi connectivity index (χ2n) is 4.36. The number of amidine groups is 1. The fourth-order valence-corrected chi connectivity index (χ4v) is 1.03. The maximum Gasteiger partial charge on any atom is 0.140 e. The first-order valence-electron chi connectivity index (χ1n) is 5.11. The molecule has 0 aromatic rings. The van der Waals surface area contributed by atoms with Crippen LogP contribution in [0, 0.1) is 0 Å². The number of methoxy groups -OCH3 is 1. The Balaban J connectivity index is 3.71. The van der Waals surface area contributed by atoms with Gasteiger partial charge in [0, 0.05) is 26.6 Å². The highest BCUT2D eigenvalue weighted by atomic mass is 16.5. The summed E-state index contributed by atoms with van der Waals surface area (Å²) in [5.41, 5.74) is 5.29. The van der Waals surface area contributed by atoms with Gasteiger partial charge in [-0.3, -0.25) is 0 Å². The zero-order chi connectivity index (χ0) is 11.9. The van der Waals surface area contributed by atoms with Gasteiger partial charge in [-0.1, -0.05) is 5.16 Å². The average molecular weight is 217 g/mol. The predicted molar refractivity (Wildman–Crippen MR) is 61.2 cm³/mol. The molecule has 5 heteroatoms. The van der Waals surface area contributed by atoms with Crippen LogP contribution in [-0.4, -0.2) is 48.8 Å². The second-order valence-corrected chi connectivity index (χ2v) is 4.36. The van der Waals surface area contributed by atoms with E-state index < -0.39 is 0 Å². The molecule has 0 spiro atoms. The summed E-state index contributed by atoms with van der Waals surface area (Å²) in [6.45, 7) is 5.84. The van der Waals surface area contributed by atoms with Crippen LogP contribution in [0.1, 0.15) is 26.7 Å². The van der Waals surface area contributed by atoms with Gasteiger partial charge in [0.1, 0.15) is 5.84 Å². The molecule has 0 heterocycles. The molecule has 0 aliphatic carbocycles. The van der Waals surface area contributed by atoms with Crippen molar-refractivity contribution in [1.29, 1.82) is 0 Å². The lowest BCUT2D eigenvalue weighted by Gasteiger charge is -2.26. The van der Waals surface area contributed by atoms with Crippen molar-refractivity contribution in [3.8, 4) is 0 Å². The van der Waals surface area contributed by atoms with Gasteiger partial charge in [-0.2, -0.15) is 0 Å². The van der Waals surface area contributed by atoms with Crippen LogP contribution in [0.4, 0.5) is 0 Å². The highest BCUT2D eigenvalue weighted by Crippen LogP contribution is 2.12. The molecule has 3 N–H and O–H groups in total. The van der Waals surface area contributed by atoms with E-state index in [2.05, 4.69) is 23.9 Å². The van der Waals surface area contributed by atoms with E-state index in [0.717, 1.165) is 19.5 Å². The van der Waals surface area contributed by atoms with Gasteiger partial charge < -0.3 is 20.6 Å². The van der Waals surface area contributed by atoms with Crippen molar-refractivity contribution in [2.75, 3.05) is 27.2 Å². The average Bonchev–Trinajstić information content (AvgIpc) is 2.23. The number of hydrogen-bond acceptors (Lipinski definition) is 4. The Bertz CT molecular complexity index is 205. The molecule has 0 amide bonds. The Morgan fingerprint density at radius 1 is 1.47 bits per heavy atom. The van der Waals surface area contributed by atoms with Crippen LogP contribution in [0.3, 0.4) is 0 Å². The van der Waals surface area contributed by atoms with E-state index in [-0.39, 0.29) is 11.4 Å². The van der Waals surface area contributed by atoms with E-state index in [0.29, 0.717) is 6.42 Å². The third-order valence-corrected chi connectivity index (χ3v) is 2.53. The molecule has 5 nitrogen and oxygen atoms in total. The Hall–Kier alpha value is -0.810. The third kappa shape index (κ3) is 7.16. The smallest absolute Gasteiger partial charge is 0.140 e. The van der Waals surface area contributed by atoms with Crippen LogP contribution in [0.5, 0.6) is 0 Å². The lowest BCUT2D eigenvalue weighted by atomic mass is 10.1. The number of ether oxygens (including phenoxy) is 1. The van der Waals surface area contributed by atoms with Crippen LogP contribution in [-0.2, 0) is 4.74 Å². The molecule has 0 bridgehead atoms. The molecule has 0 fully saturated rings. The fourth-order valence-electron chi connectivity index (χ4n) is 1.03. The Kier molecular flexibility index (Phi) is 6.27. The van der Waals surface area contributed by atoms with Crippen LogP contribution in [0.2, 0.25) is 0 Å². The van der Waals surface area contributed by atoms with Crippen LogP contribution >= 0.6 is 0 Å². The molecular weight excluding hydrogens is 194 g/mol. The van der Waals surface area contributed by atoms with Crippen molar-refractivity contribution in [3.05, 3.63) is 0 Å². The third-order valence-electron chi connectivity index (χ3n) is 2.53. The van der Waals surface area contributed by atoms with Gasteiger partial charge >= 0.3 is 0 Å². The summed E-state index contributed by atoms with van der Waals surface area (Å²) in [7, 11) is 3.73. The number of nitrogens with zero attached hydrogens (tertiary/aromatic N) is 2. The van der Waals surface area contributed by atoms with Gasteiger partial charge in [0.05, 0.1) is 5.60 Å². The first kappa shape index (κ1) is 14.2. The molecule has 90 valence electrons. The first-order valence-corrected chi connectivity index (χ1v) is 5.11. The molecule has 0 aromatic carbocycles. The lowest BCUT2D eigenvalue weighted by Crippen LogP contribution is -2.32. The van der Waals surface area contributed by atoms with Crippen molar-refractivity contribution >= 4 is 5.84 Å². The van der Waals surface area contributed by atoms with Crippen LogP contribution < -0.4 is 5.73 Å². The summed E-state index contributed by atoms with van der Waals surface area (Å²) in [5.74, 6) is 0.271. The summed E-state index contributed by atoms with van der Waals surface area (Å²) >= 11 is 0. The van der Waals surface area contributed by atoms with Gasteiger partial charge in [-0.25, -0.2) is 0 Å². The fraction of sp³-hybridized carbons (Fsp3) is 0.900. The number of nitrogens with two attached hydrogens (primary N) is 1. The molecule has 0 aromatic heterocycles. The zero-order valence-electron chi connectivity index (χ0n) is 10.2. The molecule has 0 atom stereocenters. The molecule has 0 saturated carbocycles. The van der Waals surface area contributed by atoms with Crippen molar-refractivity contribution in [2.24, 2.45) is 10.9 Å². The van der Waals surface area contributed by atoms with E-state index in [1.54, 1.807) is 7.11 Å². The van der Waals surface area contributed by atoms with Gasteiger partial charge in [-0.15, -0.1) is 0 Å². The minimum absolute atomic E-state index is 0.0924. The largest absolute Gasteiger partial charge is 0.409 e.